The van der Waals surface area contributed by atoms with Crippen molar-refractivity contribution in [2.24, 2.45) is 0 Å². The van der Waals surface area contributed by atoms with Crippen LogP contribution in [-0.2, 0) is 21.5 Å². The Labute approximate surface area is 144 Å². The van der Waals surface area contributed by atoms with Gasteiger partial charge in [0.25, 0.3) is 16.0 Å². The van der Waals surface area contributed by atoms with E-state index >= 15 is 0 Å². The van der Waals surface area contributed by atoms with E-state index < -0.39 is 16.0 Å². The van der Waals surface area contributed by atoms with Gasteiger partial charge in [-0.2, -0.15) is 13.7 Å². The number of anilines is 1. The van der Waals surface area contributed by atoms with Crippen LogP contribution in [0.3, 0.4) is 0 Å². The van der Waals surface area contributed by atoms with Crippen molar-refractivity contribution in [1.82, 2.24) is 10.3 Å². The molecule has 0 fully saturated rings. The third-order valence-corrected chi connectivity index (χ3v) is 3.90. The van der Waals surface area contributed by atoms with Gasteiger partial charge in [0.05, 0.1) is 17.1 Å². The van der Waals surface area contributed by atoms with Crippen molar-refractivity contribution >= 4 is 21.7 Å². The highest BCUT2D eigenvalue weighted by molar-refractivity contribution is 7.85. The van der Waals surface area contributed by atoms with E-state index in [2.05, 4.69) is 15.6 Å². The monoisotopic (exact) mass is 358 g/mol. The first-order chi connectivity index (χ1) is 11.9. The van der Waals surface area contributed by atoms with Crippen LogP contribution in [0.4, 0.5) is 5.69 Å². The fourth-order valence-corrected chi connectivity index (χ4v) is 2.30. The molecule has 2 aromatic rings. The second-order valence-electron chi connectivity index (χ2n) is 4.83. The van der Waals surface area contributed by atoms with Crippen LogP contribution in [-0.4, -0.2) is 23.9 Å². The van der Waals surface area contributed by atoms with Crippen LogP contribution in [0.25, 0.3) is 0 Å². The van der Waals surface area contributed by atoms with E-state index in [0.29, 0.717) is 6.54 Å². The van der Waals surface area contributed by atoms with Gasteiger partial charge in [0.2, 0.25) is 0 Å². The fourth-order valence-electron chi connectivity index (χ4n) is 1.82. The van der Waals surface area contributed by atoms with Crippen LogP contribution in [0.2, 0.25) is 0 Å². The highest BCUT2D eigenvalue weighted by Crippen LogP contribution is 2.14. The Morgan fingerprint density at radius 1 is 1.24 bits per heavy atom. The van der Waals surface area contributed by atoms with E-state index in [1.54, 1.807) is 24.4 Å². The number of hydrogen-bond donors (Lipinski definition) is 3. The molecular weight excluding hydrogens is 344 g/mol. The van der Waals surface area contributed by atoms with E-state index in [0.717, 1.165) is 17.8 Å². The minimum absolute atomic E-state index is 0.158. The zero-order chi connectivity index (χ0) is 18.3. The van der Waals surface area contributed by atoms with Gasteiger partial charge in [-0.15, -0.1) is 0 Å². The van der Waals surface area contributed by atoms with Gasteiger partial charge in [-0.1, -0.05) is 6.07 Å². The second-order valence-corrected chi connectivity index (χ2v) is 6.25. The largest absolute Gasteiger partial charge is 0.384 e. The van der Waals surface area contributed by atoms with Crippen LogP contribution in [0.5, 0.6) is 0 Å². The van der Waals surface area contributed by atoms with Crippen LogP contribution < -0.4 is 10.6 Å². The molecule has 25 heavy (non-hydrogen) atoms. The maximum absolute atomic E-state index is 12.0. The summed E-state index contributed by atoms with van der Waals surface area (Å²) in [6.07, 6.45) is 2.91. The zero-order valence-electron chi connectivity index (χ0n) is 12.9. The summed E-state index contributed by atoms with van der Waals surface area (Å²) in [6, 6.07) is 12.1. The first-order valence-corrected chi connectivity index (χ1v) is 8.46. The molecule has 1 heterocycles. The van der Waals surface area contributed by atoms with Gasteiger partial charge in [-0.3, -0.25) is 14.3 Å². The highest BCUT2D eigenvalue weighted by Gasteiger charge is 2.11. The molecule has 1 aromatic carbocycles. The molecule has 3 N–H and O–H groups in total. The topological polar surface area (TPSA) is 132 Å². The quantitative estimate of drug-likeness (QED) is 0.404. The number of hydrogen-bond acceptors (Lipinski definition) is 6. The Bertz CT molecular complexity index is 917. The van der Waals surface area contributed by atoms with Gasteiger partial charge in [-0.25, -0.2) is 0 Å². The maximum atomic E-state index is 12.0. The summed E-state index contributed by atoms with van der Waals surface area (Å²) >= 11 is 0. The normalized spacial score (nSPS) is 11.4. The predicted octanol–water partition coefficient (Wildman–Crippen LogP) is 1.46. The number of carbonyl (C=O) groups excluding carboxylic acids is 1. The smallest absolute Gasteiger partial charge is 0.294 e. The molecule has 128 valence electrons. The lowest BCUT2D eigenvalue weighted by molar-refractivity contribution is -0.112. The maximum Gasteiger partial charge on any atom is 0.294 e. The van der Waals surface area contributed by atoms with Crippen molar-refractivity contribution < 1.29 is 17.8 Å². The number of pyridine rings is 1. The SMILES string of the molecule is N#C/C(=C/NCc1ccccn1)C(=O)Nc1ccc(S(=O)(=O)O)cc1. The third kappa shape index (κ3) is 5.42. The Morgan fingerprint density at radius 2 is 1.96 bits per heavy atom. The molecule has 1 amide bonds. The van der Waals surface area contributed by atoms with E-state index in [1.165, 1.54) is 18.3 Å². The summed E-state index contributed by atoms with van der Waals surface area (Å²) < 4.78 is 30.8. The van der Waals surface area contributed by atoms with Crippen molar-refractivity contribution in [3.05, 3.63) is 66.1 Å². The number of rotatable bonds is 6. The van der Waals surface area contributed by atoms with Gasteiger partial charge >= 0.3 is 0 Å². The second kappa shape index (κ2) is 8.05. The number of nitriles is 1. The van der Waals surface area contributed by atoms with E-state index in [-0.39, 0.29) is 16.2 Å². The number of amides is 1. The number of benzene rings is 1. The van der Waals surface area contributed by atoms with E-state index in [9.17, 15) is 13.2 Å². The molecule has 8 nitrogen and oxygen atoms in total. The predicted molar refractivity (Wildman–Crippen MR) is 89.7 cm³/mol. The average molecular weight is 358 g/mol. The minimum Gasteiger partial charge on any atom is -0.384 e. The fraction of sp³-hybridized carbons (Fsp3) is 0.0625. The molecule has 0 aliphatic rings. The lowest BCUT2D eigenvalue weighted by Crippen LogP contribution is -2.17. The van der Waals surface area contributed by atoms with Crippen molar-refractivity contribution in [2.45, 2.75) is 11.4 Å². The molecule has 9 heteroatoms. The summed E-state index contributed by atoms with van der Waals surface area (Å²) in [4.78, 5) is 15.8. The highest BCUT2D eigenvalue weighted by atomic mass is 32.2. The van der Waals surface area contributed by atoms with E-state index in [1.807, 2.05) is 6.07 Å². The first kappa shape index (κ1) is 18.1. The molecule has 2 rings (SSSR count). The van der Waals surface area contributed by atoms with Gasteiger partial charge in [-0.05, 0) is 36.4 Å². The Morgan fingerprint density at radius 3 is 2.52 bits per heavy atom. The third-order valence-electron chi connectivity index (χ3n) is 3.03. The lowest BCUT2D eigenvalue weighted by atomic mass is 10.2. The van der Waals surface area contributed by atoms with Crippen molar-refractivity contribution in [1.29, 1.82) is 5.26 Å². The zero-order valence-corrected chi connectivity index (χ0v) is 13.7. The standard InChI is InChI=1S/C16H14N4O4S/c17-9-12(10-18-11-14-3-1-2-8-19-14)16(21)20-13-4-6-15(7-5-13)25(22,23)24/h1-8,10,18H,11H2,(H,20,21)(H,22,23,24)/b12-10-. The number of nitrogens with one attached hydrogen (secondary N) is 2. The minimum atomic E-state index is -4.30. The van der Waals surface area contributed by atoms with Crippen LogP contribution in [0.1, 0.15) is 5.69 Å². The van der Waals surface area contributed by atoms with E-state index in [4.69, 9.17) is 9.81 Å². The van der Waals surface area contributed by atoms with Crippen molar-refractivity contribution in [3.8, 4) is 6.07 Å². The lowest BCUT2D eigenvalue weighted by Gasteiger charge is -2.06. The average Bonchev–Trinajstić information content (AvgIpc) is 2.59. The van der Waals surface area contributed by atoms with Crippen LogP contribution in [0.15, 0.2) is 65.3 Å². The molecule has 0 bridgehead atoms. The Kier molecular flexibility index (Phi) is 5.84. The summed E-state index contributed by atoms with van der Waals surface area (Å²) in [7, 11) is -4.30. The Balaban J connectivity index is 2.00. The first-order valence-electron chi connectivity index (χ1n) is 7.02. The van der Waals surface area contributed by atoms with Crippen LogP contribution in [0, 0.1) is 11.3 Å². The molecule has 0 aliphatic carbocycles. The molecular formula is C16H14N4O4S. The molecule has 0 unspecified atom stereocenters. The van der Waals surface area contributed by atoms with Crippen molar-refractivity contribution in [3.63, 3.8) is 0 Å². The number of carbonyl (C=O) groups is 1. The summed E-state index contributed by atoms with van der Waals surface area (Å²) in [5.74, 6) is -0.657. The molecule has 1 aromatic heterocycles. The van der Waals surface area contributed by atoms with Crippen LogP contribution >= 0.6 is 0 Å². The molecule has 0 spiro atoms. The van der Waals surface area contributed by atoms with Gasteiger partial charge in [0, 0.05) is 18.1 Å². The summed E-state index contributed by atoms with van der Waals surface area (Å²) in [5, 5.41) is 14.4. The summed E-state index contributed by atoms with van der Waals surface area (Å²) in [5.41, 5.74) is 0.871. The van der Waals surface area contributed by atoms with Gasteiger partial charge in [0.15, 0.2) is 0 Å². The molecule has 0 atom stereocenters. The van der Waals surface area contributed by atoms with Crippen molar-refractivity contribution in [2.75, 3.05) is 5.32 Å². The molecule has 0 saturated heterocycles. The summed E-state index contributed by atoms with van der Waals surface area (Å²) in [6.45, 7) is 0.350. The number of aromatic nitrogens is 1. The molecule has 0 saturated carbocycles. The Hall–Kier alpha value is -3.22. The van der Waals surface area contributed by atoms with Gasteiger partial charge < -0.3 is 10.6 Å². The molecule has 0 radical (unpaired) electrons. The molecule has 0 aliphatic heterocycles. The van der Waals surface area contributed by atoms with Gasteiger partial charge in [0.1, 0.15) is 11.6 Å². The number of nitrogens with zero attached hydrogens (tertiary/aromatic N) is 2.